The van der Waals surface area contributed by atoms with Gasteiger partial charge >= 0.3 is 0 Å². The highest BCUT2D eigenvalue weighted by molar-refractivity contribution is 7.89. The number of rotatable bonds is 5. The van der Waals surface area contributed by atoms with Crippen LogP contribution in [-0.2, 0) is 10.0 Å². The Labute approximate surface area is 101 Å². The first-order chi connectivity index (χ1) is 7.86. The maximum absolute atomic E-state index is 13.0. The predicted molar refractivity (Wildman–Crippen MR) is 65.5 cm³/mol. The second kappa shape index (κ2) is 5.46. The van der Waals surface area contributed by atoms with Gasteiger partial charge in [0.25, 0.3) is 0 Å². The SMILES string of the molecule is CCCC(C)NS(=O)(=O)c1cc(F)ccc1N. The minimum atomic E-state index is -3.75. The zero-order valence-corrected chi connectivity index (χ0v) is 10.7. The molecular formula is C11H17FN2O2S. The first-order valence-electron chi connectivity index (χ1n) is 5.44. The molecule has 4 nitrogen and oxygen atoms in total. The van der Waals surface area contributed by atoms with Gasteiger partial charge in [0.05, 0.1) is 5.69 Å². The van der Waals surface area contributed by atoms with Crippen LogP contribution < -0.4 is 10.5 Å². The van der Waals surface area contributed by atoms with Crippen molar-refractivity contribution >= 4 is 15.7 Å². The maximum Gasteiger partial charge on any atom is 0.242 e. The van der Waals surface area contributed by atoms with Crippen LogP contribution in [0.3, 0.4) is 0 Å². The van der Waals surface area contributed by atoms with E-state index in [2.05, 4.69) is 4.72 Å². The number of nitrogens with one attached hydrogen (secondary N) is 1. The second-order valence-corrected chi connectivity index (χ2v) is 5.68. The molecule has 0 saturated heterocycles. The van der Waals surface area contributed by atoms with Crippen LogP contribution in [0.15, 0.2) is 23.1 Å². The topological polar surface area (TPSA) is 72.2 Å². The van der Waals surface area contributed by atoms with E-state index in [-0.39, 0.29) is 16.6 Å². The van der Waals surface area contributed by atoms with Gasteiger partial charge in [-0.25, -0.2) is 17.5 Å². The van der Waals surface area contributed by atoms with Gasteiger partial charge in [-0.2, -0.15) is 0 Å². The van der Waals surface area contributed by atoms with Gasteiger partial charge in [-0.3, -0.25) is 0 Å². The number of nitrogens with two attached hydrogens (primary N) is 1. The highest BCUT2D eigenvalue weighted by atomic mass is 32.2. The van der Waals surface area contributed by atoms with Crippen LogP contribution in [0.25, 0.3) is 0 Å². The Bertz CT molecular complexity index is 488. The maximum atomic E-state index is 13.0. The van der Waals surface area contributed by atoms with E-state index in [0.717, 1.165) is 18.6 Å². The van der Waals surface area contributed by atoms with E-state index in [9.17, 15) is 12.8 Å². The van der Waals surface area contributed by atoms with Gasteiger partial charge in [0.15, 0.2) is 0 Å². The summed E-state index contributed by atoms with van der Waals surface area (Å²) in [6.45, 7) is 3.72. The molecule has 0 aromatic heterocycles. The Kier molecular flexibility index (Phi) is 4.47. The minimum Gasteiger partial charge on any atom is -0.398 e. The molecule has 1 aromatic rings. The lowest BCUT2D eigenvalue weighted by molar-refractivity contribution is 0.542. The summed E-state index contributed by atoms with van der Waals surface area (Å²) in [5, 5.41) is 0. The summed E-state index contributed by atoms with van der Waals surface area (Å²) in [5.74, 6) is -0.622. The van der Waals surface area contributed by atoms with Gasteiger partial charge in [-0.05, 0) is 31.5 Å². The molecule has 0 spiro atoms. The number of hydrogen-bond acceptors (Lipinski definition) is 3. The molecule has 0 saturated carbocycles. The second-order valence-electron chi connectivity index (χ2n) is 3.99. The van der Waals surface area contributed by atoms with E-state index in [1.165, 1.54) is 6.07 Å². The molecule has 0 bridgehead atoms. The summed E-state index contributed by atoms with van der Waals surface area (Å²) in [6, 6.07) is 3.10. The molecule has 0 radical (unpaired) electrons. The lowest BCUT2D eigenvalue weighted by Gasteiger charge is -2.14. The third-order valence-corrected chi connectivity index (χ3v) is 3.99. The Morgan fingerprint density at radius 3 is 2.71 bits per heavy atom. The number of sulfonamides is 1. The molecule has 1 aromatic carbocycles. The normalized spacial score (nSPS) is 13.6. The summed E-state index contributed by atoms with van der Waals surface area (Å²) in [4.78, 5) is -0.208. The van der Waals surface area contributed by atoms with Crippen molar-refractivity contribution in [2.24, 2.45) is 0 Å². The van der Waals surface area contributed by atoms with E-state index >= 15 is 0 Å². The van der Waals surface area contributed by atoms with Gasteiger partial charge in [-0.1, -0.05) is 13.3 Å². The average Bonchev–Trinajstić information content (AvgIpc) is 2.21. The Balaban J connectivity index is 3.01. The fourth-order valence-electron chi connectivity index (χ4n) is 1.56. The smallest absolute Gasteiger partial charge is 0.242 e. The van der Waals surface area contributed by atoms with Crippen LogP contribution in [0.5, 0.6) is 0 Å². The van der Waals surface area contributed by atoms with E-state index in [1.54, 1.807) is 6.92 Å². The highest BCUT2D eigenvalue weighted by Gasteiger charge is 2.20. The van der Waals surface area contributed by atoms with Crippen LogP contribution in [-0.4, -0.2) is 14.5 Å². The highest BCUT2D eigenvalue weighted by Crippen LogP contribution is 2.19. The monoisotopic (exact) mass is 260 g/mol. The van der Waals surface area contributed by atoms with Crippen molar-refractivity contribution in [3.63, 3.8) is 0 Å². The zero-order valence-electron chi connectivity index (χ0n) is 9.90. The van der Waals surface area contributed by atoms with Crippen molar-refractivity contribution in [1.82, 2.24) is 4.72 Å². The van der Waals surface area contributed by atoms with Crippen molar-refractivity contribution in [3.8, 4) is 0 Å². The van der Waals surface area contributed by atoms with E-state index in [4.69, 9.17) is 5.73 Å². The van der Waals surface area contributed by atoms with E-state index < -0.39 is 15.8 Å². The molecular weight excluding hydrogens is 243 g/mol. The van der Waals surface area contributed by atoms with Crippen molar-refractivity contribution in [2.45, 2.75) is 37.6 Å². The molecule has 0 aliphatic heterocycles. The molecule has 0 heterocycles. The molecule has 3 N–H and O–H groups in total. The Morgan fingerprint density at radius 1 is 1.47 bits per heavy atom. The molecule has 17 heavy (non-hydrogen) atoms. The van der Waals surface area contributed by atoms with Gasteiger partial charge in [-0.15, -0.1) is 0 Å². The summed E-state index contributed by atoms with van der Waals surface area (Å²) >= 11 is 0. The van der Waals surface area contributed by atoms with Gasteiger partial charge in [0.1, 0.15) is 10.7 Å². The number of halogens is 1. The number of benzene rings is 1. The lowest BCUT2D eigenvalue weighted by atomic mass is 10.2. The molecule has 96 valence electrons. The van der Waals surface area contributed by atoms with Gasteiger partial charge < -0.3 is 5.73 Å². The summed E-state index contributed by atoms with van der Waals surface area (Å²) in [7, 11) is -3.75. The molecule has 1 rings (SSSR count). The van der Waals surface area contributed by atoms with Crippen molar-refractivity contribution in [3.05, 3.63) is 24.0 Å². The van der Waals surface area contributed by atoms with Crippen molar-refractivity contribution in [2.75, 3.05) is 5.73 Å². The summed E-state index contributed by atoms with van der Waals surface area (Å²) < 4.78 is 39.3. The Morgan fingerprint density at radius 2 is 2.12 bits per heavy atom. The number of nitrogen functional groups attached to an aromatic ring is 1. The molecule has 1 unspecified atom stereocenters. The van der Waals surface area contributed by atoms with Crippen LogP contribution >= 0.6 is 0 Å². The first-order valence-corrected chi connectivity index (χ1v) is 6.92. The predicted octanol–water partition coefficient (Wildman–Crippen LogP) is 1.87. The summed E-state index contributed by atoms with van der Waals surface area (Å²) in [5.41, 5.74) is 5.58. The van der Waals surface area contributed by atoms with Crippen molar-refractivity contribution < 1.29 is 12.8 Å². The Hall–Kier alpha value is -1.14. The summed E-state index contributed by atoms with van der Waals surface area (Å²) in [6.07, 6.45) is 1.58. The molecule has 6 heteroatoms. The molecule has 0 aliphatic carbocycles. The quantitative estimate of drug-likeness (QED) is 0.794. The fourth-order valence-corrected chi connectivity index (χ4v) is 2.98. The van der Waals surface area contributed by atoms with Gasteiger partial charge in [0, 0.05) is 6.04 Å². The largest absolute Gasteiger partial charge is 0.398 e. The molecule has 0 aliphatic rings. The van der Waals surface area contributed by atoms with Crippen LogP contribution in [0.2, 0.25) is 0 Å². The van der Waals surface area contributed by atoms with Crippen LogP contribution in [0.4, 0.5) is 10.1 Å². The number of anilines is 1. The van der Waals surface area contributed by atoms with E-state index in [0.29, 0.717) is 6.42 Å². The lowest BCUT2D eigenvalue weighted by Crippen LogP contribution is -2.32. The van der Waals surface area contributed by atoms with Crippen LogP contribution in [0.1, 0.15) is 26.7 Å². The van der Waals surface area contributed by atoms with Crippen LogP contribution in [0, 0.1) is 5.82 Å². The molecule has 1 atom stereocenters. The average molecular weight is 260 g/mol. The van der Waals surface area contributed by atoms with Gasteiger partial charge in [0.2, 0.25) is 10.0 Å². The van der Waals surface area contributed by atoms with Crippen molar-refractivity contribution in [1.29, 1.82) is 0 Å². The third kappa shape index (κ3) is 3.67. The zero-order chi connectivity index (χ0) is 13.1. The molecule has 0 fully saturated rings. The molecule has 0 amide bonds. The third-order valence-electron chi connectivity index (χ3n) is 2.34. The first kappa shape index (κ1) is 13.9. The van der Waals surface area contributed by atoms with E-state index in [1.807, 2.05) is 6.92 Å². The fraction of sp³-hybridized carbons (Fsp3) is 0.455. The minimum absolute atomic E-state index is 0.0441. The number of hydrogen-bond donors (Lipinski definition) is 2. The standard InChI is InChI=1S/C11H17FN2O2S/c1-3-4-8(2)14-17(15,16)11-7-9(12)5-6-10(11)13/h5-8,14H,3-4,13H2,1-2H3.